The van der Waals surface area contributed by atoms with Crippen LogP contribution in [-0.4, -0.2) is 48.4 Å². The van der Waals surface area contributed by atoms with Gasteiger partial charge in [0, 0.05) is 45.0 Å². The summed E-state index contributed by atoms with van der Waals surface area (Å²) >= 11 is 5.90. The molecule has 174 valence electrons. The van der Waals surface area contributed by atoms with E-state index in [1.165, 1.54) is 33.7 Å². The SMILES string of the molecule is CN1CCn2c(c(O)c3c(=O)n(Cc4ccc(F)c(Cl)c4)nc(-c4ccc(=O)n(C)c4)c32)C1=O. The van der Waals surface area contributed by atoms with E-state index in [1.807, 2.05) is 0 Å². The van der Waals surface area contributed by atoms with Crippen molar-refractivity contribution in [1.82, 2.24) is 23.8 Å². The van der Waals surface area contributed by atoms with Crippen LogP contribution >= 0.6 is 11.6 Å². The number of hydrogen-bond donors (Lipinski definition) is 1. The molecule has 0 saturated heterocycles. The smallest absolute Gasteiger partial charge is 0.280 e. The van der Waals surface area contributed by atoms with Crippen molar-refractivity contribution in [2.75, 3.05) is 13.6 Å². The molecule has 4 aromatic rings. The van der Waals surface area contributed by atoms with Gasteiger partial charge in [-0.05, 0) is 23.8 Å². The summed E-state index contributed by atoms with van der Waals surface area (Å²) in [5, 5.41) is 15.4. The molecule has 1 aliphatic rings. The minimum atomic E-state index is -0.612. The van der Waals surface area contributed by atoms with Gasteiger partial charge in [-0.2, -0.15) is 5.10 Å². The maximum Gasteiger partial charge on any atom is 0.280 e. The van der Waals surface area contributed by atoms with Crippen LogP contribution in [0.15, 0.2) is 46.1 Å². The summed E-state index contributed by atoms with van der Waals surface area (Å²) in [5.74, 6) is -1.43. The number of benzene rings is 1. The molecule has 4 heterocycles. The molecule has 1 aliphatic heterocycles. The minimum absolute atomic E-state index is 0.0105. The molecule has 1 aromatic carbocycles. The number of aromatic nitrogens is 4. The number of carbonyl (C=O) groups excluding carboxylic acids is 1. The van der Waals surface area contributed by atoms with Gasteiger partial charge >= 0.3 is 0 Å². The molecule has 1 N–H and O–H groups in total. The number of fused-ring (bicyclic) bond motifs is 3. The van der Waals surface area contributed by atoms with Crippen LogP contribution in [0, 0.1) is 5.82 Å². The molecule has 5 rings (SSSR count). The lowest BCUT2D eigenvalue weighted by Crippen LogP contribution is -2.37. The van der Waals surface area contributed by atoms with E-state index in [4.69, 9.17) is 11.6 Å². The Labute approximate surface area is 196 Å². The fourth-order valence-electron chi connectivity index (χ4n) is 4.22. The topological polar surface area (TPSA) is 102 Å². The maximum atomic E-state index is 13.6. The Morgan fingerprint density at radius 2 is 1.88 bits per heavy atom. The summed E-state index contributed by atoms with van der Waals surface area (Å²) in [7, 11) is 3.20. The van der Waals surface area contributed by atoms with E-state index in [0.717, 1.165) is 4.68 Å². The molecular formula is C23H19ClFN5O4. The number of amides is 1. The molecule has 0 aliphatic carbocycles. The number of hydrogen-bond acceptors (Lipinski definition) is 5. The van der Waals surface area contributed by atoms with Gasteiger partial charge in [-0.1, -0.05) is 17.7 Å². The molecule has 34 heavy (non-hydrogen) atoms. The van der Waals surface area contributed by atoms with Crippen LogP contribution in [0.2, 0.25) is 5.02 Å². The molecule has 0 unspecified atom stereocenters. The number of aromatic hydroxyl groups is 1. The zero-order valence-corrected chi connectivity index (χ0v) is 19.0. The number of nitrogens with zero attached hydrogens (tertiary/aromatic N) is 5. The van der Waals surface area contributed by atoms with Gasteiger partial charge in [-0.15, -0.1) is 0 Å². The summed E-state index contributed by atoms with van der Waals surface area (Å²) in [6.45, 7) is 0.687. The average molecular weight is 484 g/mol. The summed E-state index contributed by atoms with van der Waals surface area (Å²) in [6.07, 6.45) is 1.57. The Balaban J connectivity index is 1.83. The lowest BCUT2D eigenvalue weighted by Gasteiger charge is -2.25. The Bertz CT molecular complexity index is 1620. The van der Waals surface area contributed by atoms with Crippen LogP contribution in [0.4, 0.5) is 4.39 Å². The number of halogens is 2. The third kappa shape index (κ3) is 3.29. The lowest BCUT2D eigenvalue weighted by molar-refractivity contribution is 0.0747. The second kappa shape index (κ2) is 7.84. The van der Waals surface area contributed by atoms with E-state index < -0.39 is 23.0 Å². The summed E-state index contributed by atoms with van der Waals surface area (Å²) in [5.41, 5.74) is 0.834. The molecule has 0 spiro atoms. The van der Waals surface area contributed by atoms with Crippen molar-refractivity contribution in [2.45, 2.75) is 13.1 Å². The fraction of sp³-hybridized carbons (Fsp3) is 0.217. The van der Waals surface area contributed by atoms with Crippen LogP contribution in [0.1, 0.15) is 16.1 Å². The first-order valence-corrected chi connectivity index (χ1v) is 10.8. The average Bonchev–Trinajstić information content (AvgIpc) is 3.10. The Kier molecular flexibility index (Phi) is 5.05. The van der Waals surface area contributed by atoms with Crippen molar-refractivity contribution in [3.63, 3.8) is 0 Å². The monoisotopic (exact) mass is 483 g/mol. The van der Waals surface area contributed by atoms with E-state index >= 15 is 0 Å². The molecular weight excluding hydrogens is 465 g/mol. The van der Waals surface area contributed by atoms with Crippen molar-refractivity contribution in [3.8, 4) is 17.0 Å². The lowest BCUT2D eigenvalue weighted by atomic mass is 10.1. The molecule has 3 aromatic heterocycles. The highest BCUT2D eigenvalue weighted by molar-refractivity contribution is 6.30. The van der Waals surface area contributed by atoms with E-state index in [9.17, 15) is 23.9 Å². The van der Waals surface area contributed by atoms with Crippen molar-refractivity contribution < 1.29 is 14.3 Å². The highest BCUT2D eigenvalue weighted by atomic mass is 35.5. The third-order valence-electron chi connectivity index (χ3n) is 6.01. The van der Waals surface area contributed by atoms with Gasteiger partial charge in [0.25, 0.3) is 11.5 Å². The minimum Gasteiger partial charge on any atom is -0.505 e. The van der Waals surface area contributed by atoms with Crippen LogP contribution in [0.3, 0.4) is 0 Å². The van der Waals surface area contributed by atoms with Crippen molar-refractivity contribution in [3.05, 3.63) is 79.3 Å². The predicted molar refractivity (Wildman–Crippen MR) is 124 cm³/mol. The van der Waals surface area contributed by atoms with E-state index in [-0.39, 0.29) is 28.2 Å². The first-order valence-electron chi connectivity index (χ1n) is 10.4. The van der Waals surface area contributed by atoms with Gasteiger partial charge in [-0.3, -0.25) is 14.4 Å². The molecule has 0 atom stereocenters. The Morgan fingerprint density at radius 3 is 2.59 bits per heavy atom. The molecule has 9 nitrogen and oxygen atoms in total. The third-order valence-corrected chi connectivity index (χ3v) is 6.30. The number of likely N-dealkylation sites (N-methyl/N-ethyl adjacent to an activating group) is 1. The number of rotatable bonds is 3. The van der Waals surface area contributed by atoms with Crippen molar-refractivity contribution >= 4 is 28.4 Å². The summed E-state index contributed by atoms with van der Waals surface area (Å²) in [6, 6.07) is 7.01. The number of aryl methyl sites for hydroxylation is 1. The zero-order chi connectivity index (χ0) is 24.3. The van der Waals surface area contributed by atoms with Gasteiger partial charge in [0.05, 0.1) is 17.1 Å². The molecule has 0 fully saturated rings. The van der Waals surface area contributed by atoms with Gasteiger partial charge in [-0.25, -0.2) is 9.07 Å². The Morgan fingerprint density at radius 1 is 1.12 bits per heavy atom. The van der Waals surface area contributed by atoms with E-state index in [0.29, 0.717) is 35.4 Å². The van der Waals surface area contributed by atoms with Gasteiger partial charge in [0.15, 0.2) is 11.4 Å². The molecule has 0 radical (unpaired) electrons. The highest BCUT2D eigenvalue weighted by Gasteiger charge is 2.33. The second-order valence-electron chi connectivity index (χ2n) is 8.23. The van der Waals surface area contributed by atoms with Gasteiger partial charge in [0.1, 0.15) is 16.9 Å². The van der Waals surface area contributed by atoms with Gasteiger partial charge < -0.3 is 19.1 Å². The van der Waals surface area contributed by atoms with Crippen molar-refractivity contribution in [2.24, 2.45) is 7.05 Å². The summed E-state index contributed by atoms with van der Waals surface area (Å²) < 4.78 is 17.7. The largest absolute Gasteiger partial charge is 0.505 e. The standard InChI is InChI=1S/C23H19ClFN5O4/c1-27-7-8-29-19-17(21(32)20(29)23(27)34)22(33)30(10-12-3-5-15(25)14(24)9-12)26-18(19)13-4-6-16(31)28(2)11-13/h3-6,9,11,32H,7-8,10H2,1-2H3. The normalized spacial score (nSPS) is 13.5. The van der Waals surface area contributed by atoms with Crippen LogP contribution < -0.4 is 11.1 Å². The van der Waals surface area contributed by atoms with Gasteiger partial charge in [0.2, 0.25) is 5.56 Å². The molecule has 0 bridgehead atoms. The quantitative estimate of drug-likeness (QED) is 0.481. The van der Waals surface area contributed by atoms with Crippen LogP contribution in [0.5, 0.6) is 5.75 Å². The number of carbonyl (C=O) groups is 1. The number of pyridine rings is 1. The zero-order valence-electron chi connectivity index (χ0n) is 18.2. The maximum absolute atomic E-state index is 13.6. The Hall–Kier alpha value is -3.92. The molecule has 0 saturated carbocycles. The van der Waals surface area contributed by atoms with E-state index in [2.05, 4.69) is 5.10 Å². The highest BCUT2D eigenvalue weighted by Crippen LogP contribution is 2.37. The summed E-state index contributed by atoms with van der Waals surface area (Å²) in [4.78, 5) is 39.7. The predicted octanol–water partition coefficient (Wildman–Crippen LogP) is 2.20. The second-order valence-corrected chi connectivity index (χ2v) is 8.63. The molecule has 11 heteroatoms. The van der Waals surface area contributed by atoms with E-state index in [1.54, 1.807) is 30.9 Å². The first-order chi connectivity index (χ1) is 16.2. The molecule has 1 amide bonds. The first kappa shape index (κ1) is 21.9. The van der Waals surface area contributed by atoms with Crippen LogP contribution in [0.25, 0.3) is 22.2 Å². The fourth-order valence-corrected chi connectivity index (χ4v) is 4.42. The van der Waals surface area contributed by atoms with Crippen molar-refractivity contribution in [1.29, 1.82) is 0 Å². The van der Waals surface area contributed by atoms with Crippen LogP contribution in [-0.2, 0) is 20.1 Å².